The lowest BCUT2D eigenvalue weighted by Crippen LogP contribution is -2.45. The Morgan fingerprint density at radius 1 is 0.760 bits per heavy atom. The number of likely N-dealkylation sites (tertiary alicyclic amines) is 1. The fourth-order valence-corrected chi connectivity index (χ4v) is 10.4. The van der Waals surface area contributed by atoms with Crippen molar-refractivity contribution in [1.29, 1.82) is 0 Å². The van der Waals surface area contributed by atoms with Gasteiger partial charge in [0.2, 0.25) is 5.95 Å². The molecule has 19 nitrogen and oxygen atoms in total. The number of hydrogen-bond acceptors (Lipinski definition) is 17. The van der Waals surface area contributed by atoms with Gasteiger partial charge in [0.05, 0.1) is 82.8 Å². The van der Waals surface area contributed by atoms with Crippen molar-refractivity contribution in [3.05, 3.63) is 117 Å². The van der Waals surface area contributed by atoms with Crippen LogP contribution in [0.4, 0.5) is 11.8 Å². The Balaban J connectivity index is 0.804. The number of rotatable bonds is 22. The van der Waals surface area contributed by atoms with Gasteiger partial charge in [-0.2, -0.15) is 0 Å². The van der Waals surface area contributed by atoms with Gasteiger partial charge < -0.3 is 54.3 Å². The van der Waals surface area contributed by atoms with E-state index in [1.54, 1.807) is 30.5 Å². The standard InChI is InChI=1S/C56H72N10O9/c1-38(2)47-29-48(51(68)30-50(47)67)55(70)66-35-42-9-6-40(28-43(42)36-66)34-64(18-21-73-24-25-75-27-26-74-23-22-71-3)45-10-13-62(14-11-45)33-39-4-7-41(8-5-39)54(69)65-15-12-46-49(37-65)60-52(44-31-58-56(57)59-32-44)61-53(46)63-16-19-72-20-17-63/h4-9,28-32,38,45,67-68H,10-27,33-37H2,1-3H3,(H2,57,58,59). The maximum absolute atomic E-state index is 14.1. The summed E-state index contributed by atoms with van der Waals surface area (Å²) < 4.78 is 28.0. The van der Waals surface area contributed by atoms with Gasteiger partial charge in [-0.25, -0.2) is 19.9 Å². The van der Waals surface area contributed by atoms with E-state index in [-0.39, 0.29) is 40.7 Å². The number of fused-ring (bicyclic) bond motifs is 2. The minimum Gasteiger partial charge on any atom is -0.508 e. The molecule has 0 unspecified atom stereocenters. The molecule has 0 saturated carbocycles. The van der Waals surface area contributed by atoms with Crippen LogP contribution in [0.15, 0.2) is 67.0 Å². The van der Waals surface area contributed by atoms with Crippen molar-refractivity contribution >= 4 is 23.6 Å². The predicted octanol–water partition coefficient (Wildman–Crippen LogP) is 5.40. The van der Waals surface area contributed by atoms with Crippen molar-refractivity contribution in [3.63, 3.8) is 0 Å². The number of phenolic OH excluding ortho intramolecular Hbond substituents is 2. The van der Waals surface area contributed by atoms with Crippen LogP contribution in [0, 0.1) is 0 Å². The molecule has 0 atom stereocenters. The van der Waals surface area contributed by atoms with Crippen LogP contribution in [0.5, 0.6) is 11.5 Å². The number of anilines is 2. The molecule has 9 rings (SSSR count). The summed E-state index contributed by atoms with van der Waals surface area (Å²) in [6.07, 6.45) is 5.90. The first-order chi connectivity index (χ1) is 36.5. The summed E-state index contributed by atoms with van der Waals surface area (Å²) in [5, 5.41) is 21.1. The summed E-state index contributed by atoms with van der Waals surface area (Å²) in [5.74, 6) is 1.04. The van der Waals surface area contributed by atoms with Crippen molar-refractivity contribution in [2.75, 3.05) is 116 Å². The third kappa shape index (κ3) is 13.6. The molecular weight excluding hydrogens is 957 g/mol. The summed E-state index contributed by atoms with van der Waals surface area (Å²) in [4.78, 5) is 57.0. The number of carbonyl (C=O) groups is 2. The molecule has 0 radical (unpaired) electrons. The molecule has 4 N–H and O–H groups in total. The minimum absolute atomic E-state index is 0.00893. The number of benzene rings is 3. The molecule has 2 aromatic heterocycles. The average molecular weight is 1030 g/mol. The second-order valence-corrected chi connectivity index (χ2v) is 20.1. The highest BCUT2D eigenvalue weighted by atomic mass is 16.6. The average Bonchev–Trinajstić information content (AvgIpc) is 3.86. The zero-order chi connectivity index (χ0) is 52.3. The molecule has 19 heteroatoms. The van der Waals surface area contributed by atoms with E-state index >= 15 is 0 Å². The van der Waals surface area contributed by atoms with Crippen LogP contribution < -0.4 is 10.6 Å². The van der Waals surface area contributed by atoms with Crippen LogP contribution in [0.3, 0.4) is 0 Å². The lowest BCUT2D eigenvalue weighted by Gasteiger charge is -2.38. The number of amides is 2. The summed E-state index contributed by atoms with van der Waals surface area (Å²) in [6, 6.07) is 17.8. The Hall–Kier alpha value is -6.32. The molecule has 0 aliphatic carbocycles. The zero-order valence-electron chi connectivity index (χ0n) is 43.6. The number of aromatic nitrogens is 4. The number of morpholine rings is 1. The van der Waals surface area contributed by atoms with Crippen LogP contribution in [-0.2, 0) is 62.8 Å². The number of piperidine rings is 1. The molecule has 4 aliphatic rings. The number of hydrogen-bond donors (Lipinski definition) is 3. The first-order valence-corrected chi connectivity index (χ1v) is 26.3. The molecule has 400 valence electrons. The maximum Gasteiger partial charge on any atom is 0.258 e. The van der Waals surface area contributed by atoms with E-state index in [9.17, 15) is 19.8 Å². The van der Waals surface area contributed by atoms with E-state index in [0.29, 0.717) is 121 Å². The largest absolute Gasteiger partial charge is 0.508 e. The van der Waals surface area contributed by atoms with Gasteiger partial charge in [0, 0.05) is 95.1 Å². The van der Waals surface area contributed by atoms with Gasteiger partial charge >= 0.3 is 0 Å². The topological polar surface area (TPSA) is 215 Å². The Bertz CT molecular complexity index is 2710. The lowest BCUT2D eigenvalue weighted by molar-refractivity contribution is -0.00286. The molecule has 75 heavy (non-hydrogen) atoms. The number of nitrogen functional groups attached to an aromatic ring is 1. The predicted molar refractivity (Wildman–Crippen MR) is 282 cm³/mol. The molecule has 2 saturated heterocycles. The van der Waals surface area contributed by atoms with Crippen LogP contribution >= 0.6 is 0 Å². The van der Waals surface area contributed by atoms with E-state index in [4.69, 9.17) is 39.4 Å². The third-order valence-electron chi connectivity index (χ3n) is 14.6. The number of aromatic hydroxyl groups is 2. The van der Waals surface area contributed by atoms with Crippen molar-refractivity contribution in [2.45, 2.75) is 77.8 Å². The highest BCUT2D eigenvalue weighted by molar-refractivity contribution is 5.97. The van der Waals surface area contributed by atoms with E-state index < -0.39 is 0 Å². The molecule has 0 bridgehead atoms. The normalized spacial score (nSPS) is 16.3. The molecule has 2 fully saturated rings. The summed E-state index contributed by atoms with van der Waals surface area (Å²) in [7, 11) is 1.65. The van der Waals surface area contributed by atoms with Crippen molar-refractivity contribution in [2.24, 2.45) is 0 Å². The SMILES string of the molecule is COCCOCCOCCOCCN(Cc1ccc2c(c1)CN(C(=O)c1cc(C(C)C)c(O)cc1O)C2)C1CCN(Cc2ccc(C(=O)N3CCc4c(nc(-c5cnc(N)nc5)nc4N4CCOCC4)C3)cc2)CC1. The van der Waals surface area contributed by atoms with Crippen molar-refractivity contribution in [3.8, 4) is 22.9 Å². The Morgan fingerprint density at radius 3 is 2.15 bits per heavy atom. The van der Waals surface area contributed by atoms with E-state index in [0.717, 1.165) is 92.4 Å². The minimum atomic E-state index is -0.259. The van der Waals surface area contributed by atoms with Gasteiger partial charge in [0.1, 0.15) is 17.3 Å². The van der Waals surface area contributed by atoms with Gasteiger partial charge in [-0.3, -0.25) is 19.4 Å². The Morgan fingerprint density at radius 2 is 1.44 bits per heavy atom. The molecule has 3 aromatic carbocycles. The number of nitrogens with two attached hydrogens (primary N) is 1. The fraction of sp³-hybridized carbons (Fsp3) is 0.500. The van der Waals surface area contributed by atoms with Gasteiger partial charge in [-0.15, -0.1) is 0 Å². The van der Waals surface area contributed by atoms with Gasteiger partial charge in [0.25, 0.3) is 11.8 Å². The molecule has 5 aromatic rings. The second-order valence-electron chi connectivity index (χ2n) is 20.1. The summed E-state index contributed by atoms with van der Waals surface area (Å²) in [5.41, 5.74) is 14.3. The van der Waals surface area contributed by atoms with Crippen LogP contribution in [0.1, 0.15) is 92.4 Å². The van der Waals surface area contributed by atoms with E-state index in [1.165, 1.54) is 11.6 Å². The Labute approximate surface area is 439 Å². The Kier molecular flexibility index (Phi) is 18.2. The third-order valence-corrected chi connectivity index (χ3v) is 14.6. The van der Waals surface area contributed by atoms with Crippen LogP contribution in [0.2, 0.25) is 0 Å². The fourth-order valence-electron chi connectivity index (χ4n) is 10.4. The van der Waals surface area contributed by atoms with E-state index in [2.05, 4.69) is 55.0 Å². The first-order valence-electron chi connectivity index (χ1n) is 26.3. The molecule has 2 amide bonds. The molecule has 0 spiro atoms. The molecular formula is C56H72N10O9. The van der Waals surface area contributed by atoms with Crippen molar-refractivity contribution < 1.29 is 43.5 Å². The van der Waals surface area contributed by atoms with E-state index in [1.807, 2.05) is 30.9 Å². The molecule has 6 heterocycles. The van der Waals surface area contributed by atoms with Crippen molar-refractivity contribution in [1.82, 2.24) is 39.5 Å². The van der Waals surface area contributed by atoms with Gasteiger partial charge in [-0.1, -0.05) is 44.2 Å². The number of carbonyl (C=O) groups excluding carboxylic acids is 2. The number of methoxy groups -OCH3 is 1. The smallest absolute Gasteiger partial charge is 0.258 e. The second kappa shape index (κ2) is 25.5. The highest BCUT2D eigenvalue weighted by Gasteiger charge is 2.31. The van der Waals surface area contributed by atoms with Crippen LogP contribution in [0.25, 0.3) is 11.4 Å². The highest BCUT2D eigenvalue weighted by Crippen LogP contribution is 2.36. The maximum atomic E-state index is 14.1. The summed E-state index contributed by atoms with van der Waals surface area (Å²) >= 11 is 0. The van der Waals surface area contributed by atoms with Crippen LogP contribution in [-0.4, -0.2) is 173 Å². The quantitative estimate of drug-likeness (QED) is 0.0740. The lowest BCUT2D eigenvalue weighted by atomic mass is 9.98. The number of phenols is 2. The molecule has 4 aliphatic heterocycles. The van der Waals surface area contributed by atoms with Gasteiger partial charge in [-0.05, 0) is 84.3 Å². The number of nitrogens with zero attached hydrogens (tertiary/aromatic N) is 9. The monoisotopic (exact) mass is 1030 g/mol. The van der Waals surface area contributed by atoms with Gasteiger partial charge in [0.15, 0.2) is 5.82 Å². The number of ether oxygens (including phenoxy) is 5. The summed E-state index contributed by atoms with van der Waals surface area (Å²) in [6.45, 7) is 16.2. The first kappa shape index (κ1) is 53.5. The zero-order valence-corrected chi connectivity index (χ0v) is 43.6.